The Bertz CT molecular complexity index is 1230. The largest absolute Gasteiger partial charge is 0.481 e. The number of nitrogens with zero attached hydrogens (tertiary/aromatic N) is 4. The Balaban J connectivity index is 1.63. The van der Waals surface area contributed by atoms with E-state index in [-0.39, 0.29) is 4.90 Å². The maximum absolute atomic E-state index is 12.8. The molecule has 0 atom stereocenters. The van der Waals surface area contributed by atoms with Gasteiger partial charge in [0.1, 0.15) is 4.90 Å². The lowest BCUT2D eigenvalue weighted by molar-refractivity contribution is 0.398. The summed E-state index contributed by atoms with van der Waals surface area (Å²) >= 11 is 0. The molecule has 28 heavy (non-hydrogen) atoms. The van der Waals surface area contributed by atoms with Crippen molar-refractivity contribution in [3.05, 3.63) is 61.1 Å². The Morgan fingerprint density at radius 3 is 2.54 bits per heavy atom. The summed E-state index contributed by atoms with van der Waals surface area (Å²) < 4.78 is 34.9. The average Bonchev–Trinajstić information content (AvgIpc) is 3.10. The molecule has 3 aromatic heterocycles. The number of rotatable bonds is 5. The summed E-state index contributed by atoms with van der Waals surface area (Å²) in [5.74, 6) is 0.497. The van der Waals surface area contributed by atoms with Gasteiger partial charge in [0.25, 0.3) is 10.0 Å². The highest BCUT2D eigenvalue weighted by Crippen LogP contribution is 2.26. The zero-order chi connectivity index (χ0) is 19.7. The lowest BCUT2D eigenvalue weighted by Crippen LogP contribution is -2.14. The van der Waals surface area contributed by atoms with E-state index in [1.165, 1.54) is 12.3 Å². The summed E-state index contributed by atoms with van der Waals surface area (Å²) in [5.41, 5.74) is 2.54. The van der Waals surface area contributed by atoms with Crippen molar-refractivity contribution in [3.8, 4) is 17.1 Å². The molecule has 4 rings (SSSR count). The molecule has 142 valence electrons. The predicted octanol–water partition coefficient (Wildman–Crippen LogP) is 2.84. The molecule has 0 saturated carbocycles. The first kappa shape index (κ1) is 17.9. The van der Waals surface area contributed by atoms with E-state index >= 15 is 0 Å². The fourth-order valence-corrected chi connectivity index (χ4v) is 3.89. The third-order valence-electron chi connectivity index (χ3n) is 4.29. The Labute approximate surface area is 161 Å². The number of hydrogen-bond donors (Lipinski definition) is 1. The number of para-hydroxylation sites is 1. The minimum atomic E-state index is -3.80. The first-order chi connectivity index (χ1) is 13.5. The number of benzene rings is 1. The van der Waals surface area contributed by atoms with Gasteiger partial charge in [-0.1, -0.05) is 12.1 Å². The second kappa shape index (κ2) is 6.93. The summed E-state index contributed by atoms with van der Waals surface area (Å²) in [6, 6.07) is 12.0. The number of sulfonamides is 1. The van der Waals surface area contributed by atoms with Gasteiger partial charge in [0.15, 0.2) is 0 Å². The lowest BCUT2D eigenvalue weighted by Gasteiger charge is -2.10. The van der Waals surface area contributed by atoms with Gasteiger partial charge in [0, 0.05) is 36.5 Å². The van der Waals surface area contributed by atoms with Crippen molar-refractivity contribution in [2.75, 3.05) is 11.8 Å². The molecule has 0 bridgehead atoms. The number of fused-ring (bicyclic) bond motifs is 1. The first-order valence-electron chi connectivity index (χ1n) is 8.38. The fraction of sp³-hybridized carbons (Fsp3) is 0.105. The van der Waals surface area contributed by atoms with Gasteiger partial charge in [-0.05, 0) is 24.3 Å². The SMILES string of the molecule is COc1ccc(-c2ccc(S(=O)(=O)Nc3cccc4cnn(C)c34)cn2)cn1. The summed E-state index contributed by atoms with van der Waals surface area (Å²) in [4.78, 5) is 8.46. The van der Waals surface area contributed by atoms with Crippen LogP contribution < -0.4 is 9.46 Å². The molecule has 1 N–H and O–H groups in total. The molecular weight excluding hydrogens is 378 g/mol. The topological polar surface area (TPSA) is 99.0 Å². The number of pyridine rings is 2. The van der Waals surface area contributed by atoms with Crippen LogP contribution in [0.2, 0.25) is 0 Å². The van der Waals surface area contributed by atoms with Crippen molar-refractivity contribution >= 4 is 26.6 Å². The fourth-order valence-electron chi connectivity index (χ4n) is 2.88. The van der Waals surface area contributed by atoms with Crippen LogP contribution in [0, 0.1) is 0 Å². The third-order valence-corrected chi connectivity index (χ3v) is 5.64. The van der Waals surface area contributed by atoms with Crippen molar-refractivity contribution in [2.45, 2.75) is 4.90 Å². The summed E-state index contributed by atoms with van der Waals surface area (Å²) in [7, 11) is -0.494. The highest BCUT2D eigenvalue weighted by Gasteiger charge is 2.17. The minimum absolute atomic E-state index is 0.0666. The number of ether oxygens (including phenoxy) is 1. The molecule has 9 heteroatoms. The highest BCUT2D eigenvalue weighted by atomic mass is 32.2. The molecular formula is C19H17N5O3S. The highest BCUT2D eigenvalue weighted by molar-refractivity contribution is 7.92. The van der Waals surface area contributed by atoms with Crippen LogP contribution in [0.5, 0.6) is 5.88 Å². The van der Waals surface area contributed by atoms with Gasteiger partial charge in [0.2, 0.25) is 5.88 Å². The van der Waals surface area contributed by atoms with E-state index in [4.69, 9.17) is 4.74 Å². The Morgan fingerprint density at radius 1 is 1.00 bits per heavy atom. The Hall–Kier alpha value is -3.46. The van der Waals surface area contributed by atoms with Gasteiger partial charge < -0.3 is 4.74 Å². The second-order valence-electron chi connectivity index (χ2n) is 6.09. The van der Waals surface area contributed by atoms with E-state index in [1.54, 1.807) is 55.5 Å². The molecule has 0 unspecified atom stereocenters. The van der Waals surface area contributed by atoms with E-state index in [0.717, 1.165) is 10.9 Å². The van der Waals surface area contributed by atoms with Gasteiger partial charge in [-0.15, -0.1) is 0 Å². The second-order valence-corrected chi connectivity index (χ2v) is 7.77. The van der Waals surface area contributed by atoms with E-state index in [1.807, 2.05) is 12.1 Å². The Kier molecular flexibility index (Phi) is 4.44. The molecule has 4 aromatic rings. The molecule has 0 radical (unpaired) electrons. The molecule has 1 aromatic carbocycles. The molecule has 0 aliphatic carbocycles. The van der Waals surface area contributed by atoms with Crippen LogP contribution in [0.25, 0.3) is 22.2 Å². The first-order valence-corrected chi connectivity index (χ1v) is 9.86. The number of nitrogens with one attached hydrogen (secondary N) is 1. The van der Waals surface area contributed by atoms with Gasteiger partial charge in [-0.2, -0.15) is 5.10 Å². The predicted molar refractivity (Wildman–Crippen MR) is 106 cm³/mol. The summed E-state index contributed by atoms with van der Waals surface area (Å²) in [6.45, 7) is 0. The van der Waals surface area contributed by atoms with Crippen LogP contribution in [-0.4, -0.2) is 35.3 Å². The third kappa shape index (κ3) is 3.27. The average molecular weight is 395 g/mol. The maximum Gasteiger partial charge on any atom is 0.263 e. The molecule has 3 heterocycles. The molecule has 0 saturated heterocycles. The van der Waals surface area contributed by atoms with E-state index in [0.29, 0.717) is 22.8 Å². The molecule has 0 amide bonds. The number of hydrogen-bond acceptors (Lipinski definition) is 6. The number of aryl methyl sites for hydroxylation is 1. The quantitative estimate of drug-likeness (QED) is 0.558. The van der Waals surface area contributed by atoms with E-state index < -0.39 is 10.0 Å². The number of aromatic nitrogens is 4. The van der Waals surface area contributed by atoms with Gasteiger partial charge >= 0.3 is 0 Å². The molecule has 0 aliphatic rings. The Morgan fingerprint density at radius 2 is 1.86 bits per heavy atom. The van der Waals surface area contributed by atoms with Crippen LogP contribution in [0.15, 0.2) is 66.0 Å². The van der Waals surface area contributed by atoms with E-state index in [9.17, 15) is 8.42 Å². The normalized spacial score (nSPS) is 11.5. The lowest BCUT2D eigenvalue weighted by atomic mass is 10.2. The van der Waals surface area contributed by atoms with Crippen LogP contribution in [0.1, 0.15) is 0 Å². The van der Waals surface area contributed by atoms with Crippen molar-refractivity contribution in [3.63, 3.8) is 0 Å². The van der Waals surface area contributed by atoms with Gasteiger partial charge in [0.05, 0.1) is 30.2 Å². The zero-order valence-electron chi connectivity index (χ0n) is 15.2. The number of anilines is 1. The van der Waals surface area contributed by atoms with E-state index in [2.05, 4.69) is 19.8 Å². The smallest absolute Gasteiger partial charge is 0.263 e. The maximum atomic E-state index is 12.8. The molecule has 8 nitrogen and oxygen atoms in total. The summed E-state index contributed by atoms with van der Waals surface area (Å²) in [5, 5.41) is 5.02. The monoisotopic (exact) mass is 395 g/mol. The summed E-state index contributed by atoms with van der Waals surface area (Å²) in [6.07, 6.45) is 4.63. The van der Waals surface area contributed by atoms with Gasteiger partial charge in [-0.25, -0.2) is 13.4 Å². The zero-order valence-corrected chi connectivity index (χ0v) is 16.0. The van der Waals surface area contributed by atoms with Crippen molar-refractivity contribution in [1.29, 1.82) is 0 Å². The van der Waals surface area contributed by atoms with Crippen molar-refractivity contribution in [1.82, 2.24) is 19.7 Å². The number of methoxy groups -OCH3 is 1. The molecule has 0 aliphatic heterocycles. The van der Waals surface area contributed by atoms with Gasteiger partial charge in [-0.3, -0.25) is 14.4 Å². The van der Waals surface area contributed by atoms with Crippen molar-refractivity contribution < 1.29 is 13.2 Å². The molecule has 0 fully saturated rings. The standard InChI is InChI=1S/C19H17N5O3S/c1-24-19-14(11-22-24)4-3-5-17(19)23-28(25,26)15-7-8-16(20-12-15)13-6-9-18(27-2)21-10-13/h3-12,23H,1-2H3. The van der Waals surface area contributed by atoms with Crippen LogP contribution in [0.4, 0.5) is 5.69 Å². The van der Waals surface area contributed by atoms with Crippen molar-refractivity contribution in [2.24, 2.45) is 7.05 Å². The van der Waals surface area contributed by atoms with Crippen LogP contribution in [0.3, 0.4) is 0 Å². The molecule has 0 spiro atoms. The van der Waals surface area contributed by atoms with Crippen LogP contribution in [-0.2, 0) is 17.1 Å². The van der Waals surface area contributed by atoms with Crippen LogP contribution >= 0.6 is 0 Å². The minimum Gasteiger partial charge on any atom is -0.481 e.